The van der Waals surface area contributed by atoms with Gasteiger partial charge >= 0.3 is 0 Å². The first kappa shape index (κ1) is 10.7. The zero-order chi connectivity index (χ0) is 9.68. The summed E-state index contributed by atoms with van der Waals surface area (Å²) >= 11 is 1.69. The molecule has 2 nitrogen and oxygen atoms in total. The molecule has 0 aliphatic carbocycles. The zero-order valence-corrected chi connectivity index (χ0v) is 9.05. The highest BCUT2D eigenvalue weighted by atomic mass is 32.1. The van der Waals surface area contributed by atoms with Gasteiger partial charge in [0.1, 0.15) is 0 Å². The summed E-state index contributed by atoms with van der Waals surface area (Å²) in [7, 11) is 0. The van der Waals surface area contributed by atoms with E-state index in [4.69, 9.17) is 0 Å². The molecular weight excluding hydrogens is 182 g/mol. The number of aryl methyl sites for hydroxylation is 1. The lowest BCUT2D eigenvalue weighted by molar-refractivity contribution is 0.114. The Balaban J connectivity index is 2.14. The van der Waals surface area contributed by atoms with E-state index in [-0.39, 0.29) is 6.10 Å². The first-order valence-electron chi connectivity index (χ1n) is 4.76. The standard InChI is InChI=1S/C10H17NOS/c1-8(2)9(12)4-3-5-10-11-6-7-13-10/h6-9,12H,3-5H2,1-2H3. The van der Waals surface area contributed by atoms with Gasteiger partial charge in [-0.15, -0.1) is 11.3 Å². The monoisotopic (exact) mass is 199 g/mol. The molecule has 0 aliphatic heterocycles. The number of thiazole rings is 1. The van der Waals surface area contributed by atoms with Crippen LogP contribution in [0.3, 0.4) is 0 Å². The smallest absolute Gasteiger partial charge is 0.0924 e. The fraction of sp³-hybridized carbons (Fsp3) is 0.700. The van der Waals surface area contributed by atoms with Gasteiger partial charge in [0, 0.05) is 11.6 Å². The number of aliphatic hydroxyl groups is 1. The van der Waals surface area contributed by atoms with Gasteiger partial charge in [-0.2, -0.15) is 0 Å². The number of aliphatic hydroxyl groups excluding tert-OH is 1. The molecule has 0 bridgehead atoms. The molecule has 1 aromatic heterocycles. The van der Waals surface area contributed by atoms with Crippen LogP contribution in [0, 0.1) is 5.92 Å². The fourth-order valence-corrected chi connectivity index (χ4v) is 1.83. The molecule has 0 spiro atoms. The van der Waals surface area contributed by atoms with Gasteiger partial charge in [0.15, 0.2) is 0 Å². The number of nitrogens with zero attached hydrogens (tertiary/aromatic N) is 1. The Bertz CT molecular complexity index is 221. The van der Waals surface area contributed by atoms with Crippen LogP contribution in [0.1, 0.15) is 31.7 Å². The van der Waals surface area contributed by atoms with E-state index in [1.165, 1.54) is 5.01 Å². The van der Waals surface area contributed by atoms with Crippen LogP contribution < -0.4 is 0 Å². The van der Waals surface area contributed by atoms with Crippen LogP contribution in [0.5, 0.6) is 0 Å². The van der Waals surface area contributed by atoms with Crippen molar-refractivity contribution in [2.24, 2.45) is 5.92 Å². The van der Waals surface area contributed by atoms with Crippen LogP contribution >= 0.6 is 11.3 Å². The Morgan fingerprint density at radius 3 is 2.85 bits per heavy atom. The third kappa shape index (κ3) is 3.87. The van der Waals surface area contributed by atoms with Gasteiger partial charge in [-0.1, -0.05) is 13.8 Å². The summed E-state index contributed by atoms with van der Waals surface area (Å²) in [6, 6.07) is 0. The molecule has 0 radical (unpaired) electrons. The van der Waals surface area contributed by atoms with Gasteiger partial charge in [0.2, 0.25) is 0 Å². The van der Waals surface area contributed by atoms with Crippen molar-refractivity contribution in [2.75, 3.05) is 0 Å². The minimum absolute atomic E-state index is 0.153. The van der Waals surface area contributed by atoms with Crippen molar-refractivity contribution in [3.63, 3.8) is 0 Å². The van der Waals surface area contributed by atoms with Crippen molar-refractivity contribution in [2.45, 2.75) is 39.2 Å². The normalized spacial score (nSPS) is 13.5. The van der Waals surface area contributed by atoms with Gasteiger partial charge in [-0.05, 0) is 25.2 Å². The minimum Gasteiger partial charge on any atom is -0.393 e. The van der Waals surface area contributed by atoms with Gasteiger partial charge in [-0.3, -0.25) is 0 Å². The minimum atomic E-state index is -0.153. The van der Waals surface area contributed by atoms with Crippen molar-refractivity contribution in [1.82, 2.24) is 4.98 Å². The van der Waals surface area contributed by atoms with Crippen molar-refractivity contribution in [3.8, 4) is 0 Å². The Kier molecular flexibility index (Phi) is 4.39. The van der Waals surface area contributed by atoms with Crippen LogP contribution in [0.15, 0.2) is 11.6 Å². The molecule has 1 heterocycles. The average Bonchev–Trinajstić information content (AvgIpc) is 2.56. The SMILES string of the molecule is CC(C)C(O)CCCc1nccs1. The Morgan fingerprint density at radius 1 is 1.54 bits per heavy atom. The average molecular weight is 199 g/mol. The van der Waals surface area contributed by atoms with E-state index in [2.05, 4.69) is 4.98 Å². The lowest BCUT2D eigenvalue weighted by atomic mass is 10.0. The lowest BCUT2D eigenvalue weighted by Gasteiger charge is -2.13. The molecule has 74 valence electrons. The summed E-state index contributed by atoms with van der Waals surface area (Å²) in [6.07, 6.45) is 4.60. The van der Waals surface area contributed by atoms with Crippen molar-refractivity contribution >= 4 is 11.3 Å². The van der Waals surface area contributed by atoms with E-state index < -0.39 is 0 Å². The molecule has 1 atom stereocenters. The predicted molar refractivity (Wildman–Crippen MR) is 55.9 cm³/mol. The first-order valence-corrected chi connectivity index (χ1v) is 5.64. The summed E-state index contributed by atoms with van der Waals surface area (Å²) in [6.45, 7) is 4.10. The number of rotatable bonds is 5. The van der Waals surface area contributed by atoms with Crippen molar-refractivity contribution in [1.29, 1.82) is 0 Å². The maximum absolute atomic E-state index is 9.54. The van der Waals surface area contributed by atoms with E-state index in [0.717, 1.165) is 19.3 Å². The number of hydrogen-bond acceptors (Lipinski definition) is 3. The zero-order valence-electron chi connectivity index (χ0n) is 8.23. The highest BCUT2D eigenvalue weighted by Gasteiger charge is 2.08. The summed E-state index contributed by atoms with van der Waals surface area (Å²) in [5.74, 6) is 0.372. The molecule has 0 amide bonds. The van der Waals surface area contributed by atoms with Gasteiger partial charge in [0.25, 0.3) is 0 Å². The van der Waals surface area contributed by atoms with Crippen LogP contribution in [0.4, 0.5) is 0 Å². The Hall–Kier alpha value is -0.410. The predicted octanol–water partition coefficient (Wildman–Crippen LogP) is 2.48. The fourth-order valence-electron chi connectivity index (χ4n) is 1.17. The third-order valence-electron chi connectivity index (χ3n) is 2.14. The Labute approximate surface area is 83.6 Å². The molecule has 1 unspecified atom stereocenters. The molecule has 0 fully saturated rings. The largest absolute Gasteiger partial charge is 0.393 e. The number of aromatic nitrogens is 1. The molecule has 0 saturated heterocycles. The summed E-state index contributed by atoms with van der Waals surface area (Å²) in [5, 5.41) is 12.7. The van der Waals surface area contributed by atoms with E-state index in [1.807, 2.05) is 25.4 Å². The first-order chi connectivity index (χ1) is 6.20. The molecule has 1 aromatic rings. The highest BCUT2D eigenvalue weighted by Crippen LogP contribution is 2.12. The van der Waals surface area contributed by atoms with Gasteiger partial charge in [0.05, 0.1) is 11.1 Å². The van der Waals surface area contributed by atoms with Crippen LogP contribution in [0.2, 0.25) is 0 Å². The maximum Gasteiger partial charge on any atom is 0.0924 e. The second-order valence-electron chi connectivity index (χ2n) is 3.63. The summed E-state index contributed by atoms with van der Waals surface area (Å²) in [5.41, 5.74) is 0. The van der Waals surface area contributed by atoms with Crippen molar-refractivity contribution in [3.05, 3.63) is 16.6 Å². The van der Waals surface area contributed by atoms with Gasteiger partial charge in [-0.25, -0.2) is 4.98 Å². The van der Waals surface area contributed by atoms with E-state index in [0.29, 0.717) is 5.92 Å². The van der Waals surface area contributed by atoms with Crippen LogP contribution in [0.25, 0.3) is 0 Å². The second-order valence-corrected chi connectivity index (χ2v) is 4.61. The van der Waals surface area contributed by atoms with E-state index in [9.17, 15) is 5.11 Å². The van der Waals surface area contributed by atoms with Crippen LogP contribution in [-0.2, 0) is 6.42 Å². The van der Waals surface area contributed by atoms with Crippen LogP contribution in [-0.4, -0.2) is 16.2 Å². The molecule has 1 N–H and O–H groups in total. The molecule has 0 saturated carbocycles. The lowest BCUT2D eigenvalue weighted by Crippen LogP contribution is -2.14. The third-order valence-corrected chi connectivity index (χ3v) is 2.98. The quantitative estimate of drug-likeness (QED) is 0.790. The van der Waals surface area contributed by atoms with E-state index >= 15 is 0 Å². The molecule has 3 heteroatoms. The Morgan fingerprint density at radius 2 is 2.31 bits per heavy atom. The van der Waals surface area contributed by atoms with Crippen molar-refractivity contribution < 1.29 is 5.11 Å². The number of hydrogen-bond donors (Lipinski definition) is 1. The molecular formula is C10H17NOS. The summed E-state index contributed by atoms with van der Waals surface area (Å²) < 4.78 is 0. The molecule has 13 heavy (non-hydrogen) atoms. The van der Waals surface area contributed by atoms with Gasteiger partial charge < -0.3 is 5.11 Å². The topological polar surface area (TPSA) is 33.1 Å². The molecule has 0 aliphatic rings. The maximum atomic E-state index is 9.54. The second kappa shape index (κ2) is 5.35. The molecule has 0 aromatic carbocycles. The molecule has 1 rings (SSSR count). The summed E-state index contributed by atoms with van der Waals surface area (Å²) in [4.78, 5) is 4.19. The van der Waals surface area contributed by atoms with E-state index in [1.54, 1.807) is 11.3 Å². The highest BCUT2D eigenvalue weighted by molar-refractivity contribution is 7.09.